The van der Waals surface area contributed by atoms with Gasteiger partial charge < -0.3 is 10.2 Å². The molecule has 140 valence electrons. The van der Waals surface area contributed by atoms with Crippen molar-refractivity contribution < 1.29 is 27.8 Å². The van der Waals surface area contributed by atoms with Gasteiger partial charge in [-0.05, 0) is 53.1 Å². The van der Waals surface area contributed by atoms with E-state index in [1.807, 2.05) is 0 Å². The van der Waals surface area contributed by atoms with Gasteiger partial charge >= 0.3 is 6.18 Å². The SMILES string of the molecule is Oc1ccc(C(c2ccc(F)cc2)C(c2ccc(O)cc2)C(F)(F)F)cc1. The summed E-state index contributed by atoms with van der Waals surface area (Å²) in [7, 11) is 0. The molecule has 0 aromatic heterocycles. The zero-order valence-electron chi connectivity index (χ0n) is 14.0. The molecule has 2 atom stereocenters. The summed E-state index contributed by atoms with van der Waals surface area (Å²) < 4.78 is 55.6. The van der Waals surface area contributed by atoms with E-state index in [0.717, 1.165) is 12.1 Å². The minimum absolute atomic E-state index is 0.0253. The van der Waals surface area contributed by atoms with Crippen LogP contribution in [0.1, 0.15) is 28.5 Å². The smallest absolute Gasteiger partial charge is 0.396 e. The first-order chi connectivity index (χ1) is 12.8. The molecule has 0 aliphatic rings. The van der Waals surface area contributed by atoms with Crippen molar-refractivity contribution in [1.29, 1.82) is 0 Å². The monoisotopic (exact) mass is 376 g/mol. The van der Waals surface area contributed by atoms with Crippen LogP contribution in [-0.4, -0.2) is 16.4 Å². The van der Waals surface area contributed by atoms with Gasteiger partial charge in [-0.1, -0.05) is 36.4 Å². The van der Waals surface area contributed by atoms with Crippen molar-refractivity contribution in [1.82, 2.24) is 0 Å². The Morgan fingerprint density at radius 2 is 0.963 bits per heavy atom. The van der Waals surface area contributed by atoms with Crippen LogP contribution in [0.5, 0.6) is 11.5 Å². The highest BCUT2D eigenvalue weighted by Crippen LogP contribution is 2.48. The quantitative estimate of drug-likeness (QED) is 0.572. The minimum atomic E-state index is -4.60. The van der Waals surface area contributed by atoms with Crippen LogP contribution in [0.25, 0.3) is 0 Å². The van der Waals surface area contributed by atoms with Crippen LogP contribution in [0.15, 0.2) is 72.8 Å². The lowest BCUT2D eigenvalue weighted by molar-refractivity contribution is -0.153. The number of hydrogen-bond acceptors (Lipinski definition) is 2. The van der Waals surface area contributed by atoms with Gasteiger partial charge in [0.25, 0.3) is 0 Å². The van der Waals surface area contributed by atoms with Crippen molar-refractivity contribution in [3.8, 4) is 11.5 Å². The minimum Gasteiger partial charge on any atom is -0.508 e. The van der Waals surface area contributed by atoms with Gasteiger partial charge in [0.05, 0.1) is 5.92 Å². The Bertz CT molecular complexity index is 840. The maximum Gasteiger partial charge on any atom is 0.396 e. The average molecular weight is 376 g/mol. The molecule has 0 amide bonds. The lowest BCUT2D eigenvalue weighted by Crippen LogP contribution is -2.28. The summed E-state index contributed by atoms with van der Waals surface area (Å²) in [6.07, 6.45) is -4.60. The van der Waals surface area contributed by atoms with Crippen molar-refractivity contribution in [2.75, 3.05) is 0 Å². The van der Waals surface area contributed by atoms with E-state index in [1.165, 1.54) is 60.7 Å². The van der Waals surface area contributed by atoms with Crippen molar-refractivity contribution in [2.24, 2.45) is 0 Å². The Hall–Kier alpha value is -3.02. The van der Waals surface area contributed by atoms with E-state index in [9.17, 15) is 27.8 Å². The topological polar surface area (TPSA) is 40.5 Å². The van der Waals surface area contributed by atoms with Gasteiger partial charge in [0.15, 0.2) is 0 Å². The molecule has 0 spiro atoms. The highest BCUT2D eigenvalue weighted by atomic mass is 19.4. The maximum absolute atomic E-state index is 14.1. The van der Waals surface area contributed by atoms with Crippen LogP contribution in [0.2, 0.25) is 0 Å². The molecule has 2 unspecified atom stereocenters. The number of phenols is 2. The first-order valence-electron chi connectivity index (χ1n) is 8.16. The molecular formula is C21H16F4O2. The fourth-order valence-corrected chi connectivity index (χ4v) is 3.18. The Labute approximate surface area is 153 Å². The first-order valence-corrected chi connectivity index (χ1v) is 8.16. The molecule has 0 saturated heterocycles. The second-order valence-electron chi connectivity index (χ2n) is 6.23. The van der Waals surface area contributed by atoms with E-state index in [4.69, 9.17) is 0 Å². The van der Waals surface area contributed by atoms with Crippen LogP contribution >= 0.6 is 0 Å². The summed E-state index contributed by atoms with van der Waals surface area (Å²) in [4.78, 5) is 0. The molecule has 0 aliphatic heterocycles. The second kappa shape index (κ2) is 7.31. The van der Waals surface area contributed by atoms with Crippen molar-refractivity contribution >= 4 is 0 Å². The zero-order valence-corrected chi connectivity index (χ0v) is 14.0. The van der Waals surface area contributed by atoms with Crippen molar-refractivity contribution in [3.05, 3.63) is 95.3 Å². The Kier molecular flexibility index (Phi) is 5.08. The van der Waals surface area contributed by atoms with Gasteiger partial charge in [-0.2, -0.15) is 13.2 Å². The summed E-state index contributed by atoms with van der Waals surface area (Å²) in [5, 5.41) is 18.9. The van der Waals surface area contributed by atoms with E-state index in [-0.39, 0.29) is 22.6 Å². The summed E-state index contributed by atoms with van der Waals surface area (Å²) in [6.45, 7) is 0. The van der Waals surface area contributed by atoms with E-state index in [0.29, 0.717) is 5.56 Å². The largest absolute Gasteiger partial charge is 0.508 e. The van der Waals surface area contributed by atoms with E-state index in [1.54, 1.807) is 0 Å². The Balaban J connectivity index is 2.20. The molecule has 2 N–H and O–H groups in total. The number of aromatic hydroxyl groups is 2. The molecule has 0 heterocycles. The van der Waals surface area contributed by atoms with E-state index in [2.05, 4.69) is 0 Å². The highest BCUT2D eigenvalue weighted by molar-refractivity contribution is 5.42. The molecule has 0 saturated carbocycles. The van der Waals surface area contributed by atoms with Crippen LogP contribution in [0.4, 0.5) is 17.6 Å². The molecule has 3 aromatic rings. The van der Waals surface area contributed by atoms with Gasteiger partial charge in [-0.15, -0.1) is 0 Å². The van der Waals surface area contributed by atoms with Gasteiger partial charge in [-0.3, -0.25) is 0 Å². The van der Waals surface area contributed by atoms with Crippen LogP contribution in [0.3, 0.4) is 0 Å². The summed E-state index contributed by atoms with van der Waals surface area (Å²) in [5.74, 6) is -3.83. The molecule has 6 heteroatoms. The third-order valence-corrected chi connectivity index (χ3v) is 4.42. The molecule has 3 aromatic carbocycles. The molecule has 0 radical (unpaired) electrons. The average Bonchev–Trinajstić information content (AvgIpc) is 2.62. The molecule has 0 bridgehead atoms. The number of phenolic OH excluding ortho intramolecular Hbond substituents is 2. The number of alkyl halides is 3. The molecule has 27 heavy (non-hydrogen) atoms. The van der Waals surface area contributed by atoms with Crippen molar-refractivity contribution in [2.45, 2.75) is 18.0 Å². The number of rotatable bonds is 4. The summed E-state index contributed by atoms with van der Waals surface area (Å²) >= 11 is 0. The fourth-order valence-electron chi connectivity index (χ4n) is 3.18. The Morgan fingerprint density at radius 3 is 1.37 bits per heavy atom. The van der Waals surface area contributed by atoms with Gasteiger partial charge in [-0.25, -0.2) is 4.39 Å². The van der Waals surface area contributed by atoms with Gasteiger partial charge in [0.1, 0.15) is 17.3 Å². The summed E-state index contributed by atoms with van der Waals surface area (Å²) in [5.41, 5.74) is 0.593. The molecular weight excluding hydrogens is 360 g/mol. The van der Waals surface area contributed by atoms with Gasteiger partial charge in [0, 0.05) is 5.92 Å². The molecule has 3 rings (SSSR count). The Morgan fingerprint density at radius 1 is 0.593 bits per heavy atom. The van der Waals surface area contributed by atoms with E-state index < -0.39 is 23.8 Å². The van der Waals surface area contributed by atoms with Crippen LogP contribution in [0, 0.1) is 5.82 Å². The zero-order chi connectivity index (χ0) is 19.6. The lowest BCUT2D eigenvalue weighted by Gasteiger charge is -2.30. The maximum atomic E-state index is 14.1. The second-order valence-corrected chi connectivity index (χ2v) is 6.23. The molecule has 0 fully saturated rings. The van der Waals surface area contributed by atoms with Gasteiger partial charge in [0.2, 0.25) is 0 Å². The molecule has 0 aliphatic carbocycles. The molecule has 2 nitrogen and oxygen atoms in total. The fraction of sp³-hybridized carbons (Fsp3) is 0.143. The number of halogens is 4. The predicted octanol–water partition coefficient (Wildman–Crippen LogP) is 5.71. The standard InChI is InChI=1S/C21H16F4O2/c22-16-7-1-13(2-8-16)19(14-3-9-17(26)10-4-14)20(21(23,24)25)15-5-11-18(27)12-6-15/h1-12,19-20,26-27H. The third-order valence-electron chi connectivity index (χ3n) is 4.42. The normalized spacial score (nSPS) is 13.9. The van der Waals surface area contributed by atoms with Crippen LogP contribution < -0.4 is 0 Å². The van der Waals surface area contributed by atoms with Crippen LogP contribution in [-0.2, 0) is 0 Å². The van der Waals surface area contributed by atoms with Crippen molar-refractivity contribution in [3.63, 3.8) is 0 Å². The first kappa shape index (κ1) is 18.8. The number of benzene rings is 3. The number of hydrogen-bond donors (Lipinski definition) is 2. The third kappa shape index (κ3) is 4.22. The van der Waals surface area contributed by atoms with E-state index >= 15 is 0 Å². The lowest BCUT2D eigenvalue weighted by atomic mass is 9.76. The highest BCUT2D eigenvalue weighted by Gasteiger charge is 2.46. The predicted molar refractivity (Wildman–Crippen MR) is 93.3 cm³/mol. The summed E-state index contributed by atoms with van der Waals surface area (Å²) in [6, 6.07) is 15.2.